The highest BCUT2D eigenvalue weighted by molar-refractivity contribution is 6.33. The Hall–Kier alpha value is -2.70. The number of benzene rings is 2. The van der Waals surface area contributed by atoms with Crippen LogP contribution in [-0.2, 0) is 0 Å². The number of hydrogen-bond acceptors (Lipinski definition) is 6. The fraction of sp³-hybridized carbons (Fsp3) is 0.400. The van der Waals surface area contributed by atoms with Gasteiger partial charge in [0, 0.05) is 37.4 Å². The zero-order valence-electron chi connectivity index (χ0n) is 18.4. The first-order valence-electron chi connectivity index (χ1n) is 11.4. The summed E-state index contributed by atoms with van der Waals surface area (Å²) >= 11 is 6.59. The normalized spacial score (nSPS) is 17.6. The summed E-state index contributed by atoms with van der Waals surface area (Å²) in [5.74, 6) is 1.58. The number of ether oxygens (including phenoxy) is 1. The maximum absolute atomic E-state index is 6.59. The monoisotopic (exact) mass is 452 g/mol. The SMILES string of the molecule is CN1CCN(c2ccc(Nc3ncc(-c4cccc(OC5CCCC5)c4)o3)cc2Cl)CC1. The van der Waals surface area contributed by atoms with Gasteiger partial charge in [-0.1, -0.05) is 23.7 Å². The lowest BCUT2D eigenvalue weighted by atomic mass is 10.2. The van der Waals surface area contributed by atoms with Crippen molar-refractivity contribution in [2.24, 2.45) is 0 Å². The number of oxazole rings is 1. The maximum Gasteiger partial charge on any atom is 0.299 e. The lowest BCUT2D eigenvalue weighted by Gasteiger charge is -2.34. The van der Waals surface area contributed by atoms with Gasteiger partial charge < -0.3 is 24.3 Å². The van der Waals surface area contributed by atoms with Gasteiger partial charge in [0.05, 0.1) is 23.0 Å². The number of nitrogens with one attached hydrogen (secondary N) is 1. The average molecular weight is 453 g/mol. The molecule has 1 aromatic heterocycles. The van der Waals surface area contributed by atoms with E-state index in [-0.39, 0.29) is 0 Å². The summed E-state index contributed by atoms with van der Waals surface area (Å²) in [6.07, 6.45) is 6.84. The van der Waals surface area contributed by atoms with Gasteiger partial charge in [-0.25, -0.2) is 4.98 Å². The predicted molar refractivity (Wildman–Crippen MR) is 129 cm³/mol. The zero-order chi connectivity index (χ0) is 21.9. The van der Waals surface area contributed by atoms with Gasteiger partial charge >= 0.3 is 0 Å². The van der Waals surface area contributed by atoms with Crippen LogP contribution in [0.25, 0.3) is 11.3 Å². The first-order chi connectivity index (χ1) is 15.6. The van der Waals surface area contributed by atoms with Crippen LogP contribution in [0.4, 0.5) is 17.4 Å². The smallest absolute Gasteiger partial charge is 0.299 e. The fourth-order valence-corrected chi connectivity index (χ4v) is 4.70. The molecule has 2 aromatic carbocycles. The van der Waals surface area contributed by atoms with Crippen LogP contribution in [0, 0.1) is 0 Å². The molecule has 32 heavy (non-hydrogen) atoms. The maximum atomic E-state index is 6.59. The number of anilines is 3. The van der Waals surface area contributed by atoms with Crippen LogP contribution in [-0.4, -0.2) is 49.2 Å². The van der Waals surface area contributed by atoms with E-state index >= 15 is 0 Å². The number of hydrogen-bond donors (Lipinski definition) is 1. The Kier molecular flexibility index (Phi) is 6.23. The Morgan fingerprint density at radius 1 is 1.06 bits per heavy atom. The molecule has 2 heterocycles. The van der Waals surface area contributed by atoms with Gasteiger partial charge in [-0.15, -0.1) is 0 Å². The van der Waals surface area contributed by atoms with Crippen LogP contribution in [0.2, 0.25) is 5.02 Å². The van der Waals surface area contributed by atoms with Crippen LogP contribution in [0.3, 0.4) is 0 Å². The number of piperazine rings is 1. The highest BCUT2D eigenvalue weighted by atomic mass is 35.5. The summed E-state index contributed by atoms with van der Waals surface area (Å²) in [4.78, 5) is 9.05. The number of halogens is 1. The standard InChI is InChI=1S/C25H29ClN4O2/c1-29-11-13-30(14-12-29)23-10-9-19(16-22(23)26)28-25-27-17-24(32-25)18-5-4-8-21(15-18)31-20-6-2-3-7-20/h4-5,8-10,15-17,20H,2-3,6-7,11-14H2,1H3,(H,27,28). The molecule has 5 rings (SSSR count). The van der Waals surface area contributed by atoms with E-state index in [1.807, 2.05) is 36.4 Å². The van der Waals surface area contributed by atoms with Crippen molar-refractivity contribution in [3.8, 4) is 17.1 Å². The number of aromatic nitrogens is 1. The first-order valence-corrected chi connectivity index (χ1v) is 11.7. The molecule has 1 saturated carbocycles. The molecule has 1 saturated heterocycles. The molecule has 0 bridgehead atoms. The fourth-order valence-electron chi connectivity index (χ4n) is 4.40. The van der Waals surface area contributed by atoms with Crippen molar-refractivity contribution in [2.75, 3.05) is 43.4 Å². The predicted octanol–water partition coefficient (Wildman–Crippen LogP) is 5.81. The number of nitrogens with zero attached hydrogens (tertiary/aromatic N) is 3. The van der Waals surface area contributed by atoms with Crippen LogP contribution < -0.4 is 15.0 Å². The van der Waals surface area contributed by atoms with E-state index in [1.165, 1.54) is 12.8 Å². The summed E-state index contributed by atoms with van der Waals surface area (Å²) in [6, 6.07) is 14.5. The second kappa shape index (κ2) is 9.43. The second-order valence-electron chi connectivity index (χ2n) is 8.66. The molecule has 0 amide bonds. The van der Waals surface area contributed by atoms with Crippen molar-refractivity contribution >= 4 is 29.0 Å². The largest absolute Gasteiger partial charge is 0.490 e. The van der Waals surface area contributed by atoms with E-state index in [0.717, 1.165) is 66.7 Å². The van der Waals surface area contributed by atoms with Gasteiger partial charge in [0.2, 0.25) is 0 Å². The molecule has 0 spiro atoms. The molecule has 0 radical (unpaired) electrons. The van der Waals surface area contributed by atoms with Gasteiger partial charge in [-0.05, 0) is 63.1 Å². The van der Waals surface area contributed by atoms with Gasteiger partial charge in [0.1, 0.15) is 5.75 Å². The number of rotatable bonds is 6. The quantitative estimate of drug-likeness (QED) is 0.509. The molecule has 7 heteroatoms. The second-order valence-corrected chi connectivity index (χ2v) is 9.07. The molecular formula is C25H29ClN4O2. The van der Waals surface area contributed by atoms with E-state index in [1.54, 1.807) is 6.20 Å². The third-order valence-electron chi connectivity index (χ3n) is 6.27. The minimum absolute atomic E-state index is 0.329. The topological polar surface area (TPSA) is 53.8 Å². The summed E-state index contributed by atoms with van der Waals surface area (Å²) in [6.45, 7) is 4.05. The molecule has 2 aliphatic rings. The molecule has 1 aliphatic heterocycles. The average Bonchev–Trinajstić information content (AvgIpc) is 3.47. The zero-order valence-corrected chi connectivity index (χ0v) is 19.1. The molecular weight excluding hydrogens is 424 g/mol. The molecule has 1 N–H and O–H groups in total. The molecule has 2 fully saturated rings. The van der Waals surface area contributed by atoms with Crippen molar-refractivity contribution in [3.05, 3.63) is 53.7 Å². The van der Waals surface area contributed by atoms with E-state index < -0.39 is 0 Å². The van der Waals surface area contributed by atoms with Crippen molar-refractivity contribution < 1.29 is 9.15 Å². The van der Waals surface area contributed by atoms with Crippen LogP contribution in [0.5, 0.6) is 5.75 Å². The lowest BCUT2D eigenvalue weighted by molar-refractivity contribution is 0.210. The van der Waals surface area contributed by atoms with E-state index in [0.29, 0.717) is 17.9 Å². The van der Waals surface area contributed by atoms with E-state index in [4.69, 9.17) is 20.8 Å². The molecule has 3 aromatic rings. The third kappa shape index (κ3) is 4.87. The van der Waals surface area contributed by atoms with Gasteiger partial charge in [-0.2, -0.15) is 0 Å². The van der Waals surface area contributed by atoms with E-state index in [2.05, 4.69) is 33.2 Å². The van der Waals surface area contributed by atoms with Crippen molar-refractivity contribution in [3.63, 3.8) is 0 Å². The summed E-state index contributed by atoms with van der Waals surface area (Å²) in [5.41, 5.74) is 2.86. The van der Waals surface area contributed by atoms with Crippen molar-refractivity contribution in [1.82, 2.24) is 9.88 Å². The summed E-state index contributed by atoms with van der Waals surface area (Å²) in [7, 11) is 2.15. The van der Waals surface area contributed by atoms with Gasteiger partial charge in [0.15, 0.2) is 5.76 Å². The Morgan fingerprint density at radius 2 is 1.88 bits per heavy atom. The molecule has 168 valence electrons. The van der Waals surface area contributed by atoms with Crippen molar-refractivity contribution in [1.29, 1.82) is 0 Å². The highest BCUT2D eigenvalue weighted by Gasteiger charge is 2.18. The first kappa shape index (κ1) is 21.2. The Balaban J connectivity index is 1.26. The minimum atomic E-state index is 0.329. The Morgan fingerprint density at radius 3 is 2.66 bits per heavy atom. The summed E-state index contributed by atoms with van der Waals surface area (Å²) in [5, 5.41) is 3.95. The minimum Gasteiger partial charge on any atom is -0.490 e. The van der Waals surface area contributed by atoms with Gasteiger partial charge in [-0.3, -0.25) is 0 Å². The third-order valence-corrected chi connectivity index (χ3v) is 6.57. The molecule has 1 aliphatic carbocycles. The Labute approximate surface area is 194 Å². The molecule has 0 unspecified atom stereocenters. The molecule has 0 atom stereocenters. The highest BCUT2D eigenvalue weighted by Crippen LogP contribution is 2.32. The summed E-state index contributed by atoms with van der Waals surface area (Å²) < 4.78 is 12.1. The number of likely N-dealkylation sites (N-methyl/N-ethyl adjacent to an activating group) is 1. The van der Waals surface area contributed by atoms with Crippen LogP contribution >= 0.6 is 11.6 Å². The van der Waals surface area contributed by atoms with Crippen molar-refractivity contribution in [2.45, 2.75) is 31.8 Å². The van der Waals surface area contributed by atoms with E-state index in [9.17, 15) is 0 Å². The Bertz CT molecular complexity index is 1060. The van der Waals surface area contributed by atoms with Gasteiger partial charge in [0.25, 0.3) is 6.01 Å². The van der Waals surface area contributed by atoms with Crippen LogP contribution in [0.15, 0.2) is 53.1 Å². The van der Waals surface area contributed by atoms with Crippen LogP contribution in [0.1, 0.15) is 25.7 Å². The lowest BCUT2D eigenvalue weighted by Crippen LogP contribution is -2.44. The molecule has 6 nitrogen and oxygen atoms in total.